The Bertz CT molecular complexity index is 763. The van der Waals surface area contributed by atoms with Crippen LogP contribution in [0.3, 0.4) is 0 Å². The van der Waals surface area contributed by atoms with Crippen molar-refractivity contribution in [3.63, 3.8) is 0 Å². The summed E-state index contributed by atoms with van der Waals surface area (Å²) in [5, 5.41) is 0. The van der Waals surface area contributed by atoms with E-state index in [4.69, 9.17) is 17.5 Å². The molecular weight excluding hydrogens is 614 g/mol. The van der Waals surface area contributed by atoms with Crippen LogP contribution in [0.25, 0.3) is 0 Å². The lowest BCUT2D eigenvalue weighted by molar-refractivity contribution is -0.328. The molecule has 2 aromatic rings. The highest BCUT2D eigenvalue weighted by Gasteiger charge is 2.18. The molecule has 0 heterocycles. The van der Waals surface area contributed by atoms with Gasteiger partial charge in [0.15, 0.2) is 7.14 Å². The molecule has 0 radical (unpaired) electrons. The van der Waals surface area contributed by atoms with Crippen LogP contribution in [0.1, 0.15) is 65.5 Å². The Balaban J connectivity index is 0.000000442. The van der Waals surface area contributed by atoms with E-state index in [1.54, 1.807) is 0 Å². The van der Waals surface area contributed by atoms with Crippen molar-refractivity contribution in [2.75, 3.05) is 0 Å². The highest BCUT2D eigenvalue weighted by atomic mass is 127. The van der Waals surface area contributed by atoms with Crippen molar-refractivity contribution < 1.29 is 62.7 Å². The Kier molecular flexibility index (Phi) is 12.5. The summed E-state index contributed by atoms with van der Waals surface area (Å²) >= 11 is 4.12. The maximum absolute atomic E-state index is 8.52. The van der Waals surface area contributed by atoms with E-state index in [1.807, 2.05) is 0 Å². The van der Waals surface area contributed by atoms with Crippen LogP contribution >= 0.6 is 0 Å². The summed E-state index contributed by atoms with van der Waals surface area (Å²) in [6, 6.07) is 17.7. The first-order valence-corrected chi connectivity index (χ1v) is 13.0. The number of halogens is 2. The lowest BCUT2D eigenvalue weighted by Gasteiger charge is -2.22. The van der Waals surface area contributed by atoms with E-state index in [1.165, 1.54) is 31.1 Å². The fourth-order valence-electron chi connectivity index (χ4n) is 2.22. The number of rotatable bonds is 4. The molecule has 0 bridgehead atoms. The molecule has 0 unspecified atom stereocenters. The van der Waals surface area contributed by atoms with E-state index < -0.39 is 10.4 Å². The summed E-state index contributed by atoms with van der Waals surface area (Å²) in [7, 11) is -5.17. The molecule has 0 atom stereocenters. The Morgan fingerprint density at radius 1 is 0.690 bits per heavy atom. The zero-order valence-electron chi connectivity index (χ0n) is 17.9. The largest absolute Gasteiger partial charge is 0.759 e. The van der Waals surface area contributed by atoms with Gasteiger partial charge >= 0.3 is 0 Å². The SMILES string of the molecule is CCC(C)(C)c1ccc([IH+])cc1.CCC(C)(C)c1ccc([IH+])cc1.O=S(=O)([O-])[O-]. The summed E-state index contributed by atoms with van der Waals surface area (Å²) in [5.74, 6) is 0. The molecule has 4 nitrogen and oxygen atoms in total. The quantitative estimate of drug-likeness (QED) is 0.226. The summed E-state index contributed by atoms with van der Waals surface area (Å²) in [4.78, 5) is 0. The van der Waals surface area contributed by atoms with Gasteiger partial charge in [-0.25, -0.2) is 0 Å². The maximum atomic E-state index is 8.52. The van der Waals surface area contributed by atoms with Gasteiger partial charge in [-0.2, -0.15) is 0 Å². The van der Waals surface area contributed by atoms with Gasteiger partial charge in [0.2, 0.25) is 0 Å². The molecule has 2 aromatic carbocycles. The Morgan fingerprint density at radius 2 is 0.897 bits per heavy atom. The van der Waals surface area contributed by atoms with Crippen LogP contribution in [0.2, 0.25) is 0 Å². The molecule has 164 valence electrons. The third-order valence-corrected chi connectivity index (χ3v) is 6.59. The van der Waals surface area contributed by atoms with Gasteiger partial charge in [0.05, 0.1) is 0 Å². The molecule has 0 aliphatic carbocycles. The summed E-state index contributed by atoms with van der Waals surface area (Å²) in [6.45, 7) is 13.6. The highest BCUT2D eigenvalue weighted by molar-refractivity contribution is 7.79. The summed E-state index contributed by atoms with van der Waals surface area (Å²) in [6.07, 6.45) is 2.38. The summed E-state index contributed by atoms with van der Waals surface area (Å²) < 4.78 is 36.8. The van der Waals surface area contributed by atoms with Gasteiger partial charge in [-0.15, -0.1) is 0 Å². The van der Waals surface area contributed by atoms with Crippen LogP contribution in [-0.2, 0) is 21.2 Å². The second-order valence-electron chi connectivity index (χ2n) is 7.93. The zero-order valence-corrected chi connectivity index (χ0v) is 23.4. The van der Waals surface area contributed by atoms with Crippen molar-refractivity contribution in [2.45, 2.75) is 65.2 Å². The average Bonchev–Trinajstić information content (AvgIpc) is 2.61. The molecule has 0 spiro atoms. The molecule has 7 heteroatoms. The lowest BCUT2D eigenvalue weighted by atomic mass is 9.82. The fourth-order valence-corrected chi connectivity index (χ4v) is 3.00. The number of hydrogen-bond acceptors (Lipinski definition) is 4. The monoisotopic (exact) mass is 646 g/mol. The van der Waals surface area contributed by atoms with Crippen LogP contribution in [0, 0.1) is 7.14 Å². The van der Waals surface area contributed by atoms with E-state index in [0.29, 0.717) is 10.8 Å². The lowest BCUT2D eigenvalue weighted by Crippen LogP contribution is -3.34. The van der Waals surface area contributed by atoms with Crippen molar-refractivity contribution in [2.24, 2.45) is 0 Å². The smallest absolute Gasteiger partial charge is 0.296 e. The highest BCUT2D eigenvalue weighted by Crippen LogP contribution is 2.26. The molecule has 0 amide bonds. The van der Waals surface area contributed by atoms with Gasteiger partial charge < -0.3 is 9.11 Å². The second-order valence-corrected chi connectivity index (χ2v) is 11.4. The first kappa shape index (κ1) is 28.8. The molecule has 0 N–H and O–H groups in total. The molecule has 0 aliphatic rings. The van der Waals surface area contributed by atoms with Crippen LogP contribution in [-0.4, -0.2) is 17.5 Å². The molecule has 0 aliphatic heterocycles. The third kappa shape index (κ3) is 12.9. The van der Waals surface area contributed by atoms with Crippen LogP contribution in [0.5, 0.6) is 0 Å². The van der Waals surface area contributed by atoms with E-state index in [2.05, 4.69) is 135 Å². The Morgan fingerprint density at radius 3 is 1.07 bits per heavy atom. The van der Waals surface area contributed by atoms with Crippen LogP contribution in [0.4, 0.5) is 0 Å². The van der Waals surface area contributed by atoms with Crippen molar-refractivity contribution in [1.29, 1.82) is 0 Å². The minimum Gasteiger partial charge on any atom is -0.759 e. The Hall–Kier alpha value is -0.230. The predicted octanol–water partition coefficient (Wildman–Crippen LogP) is -1.68. The van der Waals surface area contributed by atoms with E-state index in [9.17, 15) is 0 Å². The molecule has 2 rings (SSSR count). The average molecular weight is 646 g/mol. The van der Waals surface area contributed by atoms with Gasteiger partial charge in [0, 0.05) is 10.4 Å². The van der Waals surface area contributed by atoms with E-state index in [0.717, 1.165) is 0 Å². The van der Waals surface area contributed by atoms with E-state index >= 15 is 0 Å². The van der Waals surface area contributed by atoms with Gasteiger partial charge in [-0.3, -0.25) is 8.42 Å². The molecule has 29 heavy (non-hydrogen) atoms. The van der Waals surface area contributed by atoms with Gasteiger partial charge in [-0.05, 0) is 59.1 Å². The summed E-state index contributed by atoms with van der Waals surface area (Å²) in [5.41, 5.74) is 3.54. The second kappa shape index (κ2) is 12.6. The molecular formula is C22H32I2O4S. The predicted molar refractivity (Wildman–Crippen MR) is 110 cm³/mol. The fraction of sp³-hybridized carbons (Fsp3) is 0.455. The third-order valence-electron chi connectivity index (χ3n) is 5.04. The van der Waals surface area contributed by atoms with E-state index in [-0.39, 0.29) is 0 Å². The van der Waals surface area contributed by atoms with Gasteiger partial charge in [0.1, 0.15) is 0 Å². The van der Waals surface area contributed by atoms with Crippen molar-refractivity contribution >= 4 is 10.4 Å². The Labute approximate surface area is 203 Å². The van der Waals surface area contributed by atoms with Crippen molar-refractivity contribution in [3.8, 4) is 0 Å². The zero-order chi connectivity index (χ0) is 22.9. The van der Waals surface area contributed by atoms with Crippen molar-refractivity contribution in [1.82, 2.24) is 0 Å². The first-order valence-electron chi connectivity index (χ1n) is 9.34. The van der Waals surface area contributed by atoms with Crippen LogP contribution in [0.15, 0.2) is 48.5 Å². The topological polar surface area (TPSA) is 80.3 Å². The van der Waals surface area contributed by atoms with Crippen LogP contribution < -0.4 is 45.2 Å². The van der Waals surface area contributed by atoms with Gasteiger partial charge in [0.25, 0.3) is 45.2 Å². The minimum atomic E-state index is -5.17. The van der Waals surface area contributed by atoms with Gasteiger partial charge in [-0.1, -0.05) is 65.8 Å². The molecule has 0 saturated heterocycles. The number of hydrogen-bond donors (Lipinski definition) is 0. The van der Waals surface area contributed by atoms with Crippen molar-refractivity contribution in [3.05, 3.63) is 66.8 Å². The number of benzene rings is 2. The molecule has 0 saturated carbocycles. The molecule has 0 aromatic heterocycles. The molecule has 0 fully saturated rings. The standard InChI is InChI=1S/2C11H16I.H2O4S/c2*1-4-11(2,3)9-5-7-10(12)8-6-9;1-5(2,3)4/h2*5-8,12H,4H2,1-3H3;(H2,1,2,3,4)/q2*+1;/p-2. The minimum absolute atomic E-state index is 0.328. The normalized spacial score (nSPS) is 11.7. The maximum Gasteiger partial charge on any atom is 0.296 e. The first-order chi connectivity index (χ1) is 13.1.